The highest BCUT2D eigenvalue weighted by atomic mass is 16.4. The monoisotopic (exact) mass is 563 g/mol. The number of guanidine groups is 1. The molecule has 0 saturated heterocycles. The summed E-state index contributed by atoms with van der Waals surface area (Å²) >= 11 is 0. The van der Waals surface area contributed by atoms with Crippen molar-refractivity contribution in [3.05, 3.63) is 35.9 Å². The van der Waals surface area contributed by atoms with Crippen LogP contribution >= 0.6 is 0 Å². The van der Waals surface area contributed by atoms with E-state index >= 15 is 0 Å². The number of carboxylic acids is 2. The summed E-state index contributed by atoms with van der Waals surface area (Å²) in [6, 6.07) is 4.29. The number of carboxylic acid groups (broad SMARTS) is 2. The first-order valence-electron chi connectivity index (χ1n) is 13.0. The second kappa shape index (κ2) is 17.4. The third kappa shape index (κ3) is 13.6. The fourth-order valence-electron chi connectivity index (χ4n) is 3.78. The Balaban J connectivity index is 2.97. The van der Waals surface area contributed by atoms with Crippen LogP contribution in [0.1, 0.15) is 51.5 Å². The molecule has 0 spiro atoms. The summed E-state index contributed by atoms with van der Waals surface area (Å²) in [7, 11) is 0. The van der Waals surface area contributed by atoms with Crippen LogP contribution in [0.4, 0.5) is 0 Å². The number of aliphatic carboxylic acids is 2. The van der Waals surface area contributed by atoms with E-state index in [0.717, 1.165) is 5.56 Å². The quantitative estimate of drug-likeness (QED) is 0.0618. The number of hydrogen-bond donors (Lipinski definition) is 8. The Labute approximate surface area is 233 Å². The van der Waals surface area contributed by atoms with Gasteiger partial charge in [0.25, 0.3) is 0 Å². The number of nitrogens with one attached hydrogen (secondary N) is 3. The number of carbonyl (C=O) groups excluding carboxylic acids is 3. The van der Waals surface area contributed by atoms with E-state index in [1.54, 1.807) is 24.3 Å². The molecule has 0 saturated carbocycles. The van der Waals surface area contributed by atoms with Crippen molar-refractivity contribution in [3.63, 3.8) is 0 Å². The SMILES string of the molecule is CC(C)CC(NC(=O)C(CCC(=O)O)NC(=O)C(N)Cc1ccccc1)C(=O)NC(CCCN=C(N)N)C(=O)O. The van der Waals surface area contributed by atoms with Gasteiger partial charge in [0.05, 0.1) is 6.04 Å². The van der Waals surface area contributed by atoms with Crippen LogP contribution in [0.25, 0.3) is 0 Å². The topological polar surface area (TPSA) is 252 Å². The standard InChI is InChI=1S/C26H41N7O7/c1-15(2)13-20(24(38)32-19(25(39)40)9-6-12-30-26(28)29)33-23(37)18(10-11-21(34)35)31-22(36)17(27)14-16-7-4-3-5-8-16/h3-5,7-8,15,17-20H,6,9-14,27H2,1-2H3,(H,31,36)(H,32,38)(H,33,37)(H,34,35)(H,39,40)(H4,28,29,30). The average molecular weight is 564 g/mol. The first kappa shape index (κ1) is 33.8. The van der Waals surface area contributed by atoms with Crippen molar-refractivity contribution >= 4 is 35.6 Å². The van der Waals surface area contributed by atoms with E-state index in [4.69, 9.17) is 22.3 Å². The molecule has 14 nitrogen and oxygen atoms in total. The predicted molar refractivity (Wildman–Crippen MR) is 148 cm³/mol. The Morgan fingerprint density at radius 2 is 1.43 bits per heavy atom. The van der Waals surface area contributed by atoms with Crippen molar-refractivity contribution in [2.24, 2.45) is 28.1 Å². The maximum Gasteiger partial charge on any atom is 0.326 e. The van der Waals surface area contributed by atoms with Crippen LogP contribution in [0, 0.1) is 5.92 Å². The average Bonchev–Trinajstić information content (AvgIpc) is 2.87. The van der Waals surface area contributed by atoms with Gasteiger partial charge in [-0.25, -0.2) is 4.79 Å². The lowest BCUT2D eigenvalue weighted by molar-refractivity contribution is -0.142. The molecule has 0 heterocycles. The van der Waals surface area contributed by atoms with Gasteiger partial charge in [0.15, 0.2) is 5.96 Å². The highest BCUT2D eigenvalue weighted by Crippen LogP contribution is 2.09. The van der Waals surface area contributed by atoms with Gasteiger partial charge in [-0.1, -0.05) is 44.2 Å². The van der Waals surface area contributed by atoms with Crippen LogP contribution in [0.5, 0.6) is 0 Å². The van der Waals surface area contributed by atoms with Crippen molar-refractivity contribution < 1.29 is 34.2 Å². The minimum absolute atomic E-state index is 0.0385. The van der Waals surface area contributed by atoms with E-state index in [2.05, 4.69) is 20.9 Å². The Hall–Kier alpha value is -4.20. The van der Waals surface area contributed by atoms with E-state index in [1.165, 1.54) is 0 Å². The fourth-order valence-corrected chi connectivity index (χ4v) is 3.78. The molecule has 40 heavy (non-hydrogen) atoms. The second-order valence-corrected chi connectivity index (χ2v) is 9.83. The molecule has 0 bridgehead atoms. The summed E-state index contributed by atoms with van der Waals surface area (Å²) in [6.45, 7) is 3.79. The lowest BCUT2D eigenvalue weighted by Crippen LogP contribution is -2.57. The van der Waals surface area contributed by atoms with Gasteiger partial charge in [-0.3, -0.25) is 24.2 Å². The number of hydrogen-bond acceptors (Lipinski definition) is 7. The summed E-state index contributed by atoms with van der Waals surface area (Å²) in [6.07, 6.45) is -0.00344. The molecule has 0 fully saturated rings. The minimum Gasteiger partial charge on any atom is -0.481 e. The molecule has 0 aliphatic carbocycles. The highest BCUT2D eigenvalue weighted by molar-refractivity contribution is 5.94. The fraction of sp³-hybridized carbons (Fsp3) is 0.538. The Morgan fingerprint density at radius 1 is 0.850 bits per heavy atom. The molecule has 14 heteroatoms. The van der Waals surface area contributed by atoms with Crippen LogP contribution in [-0.2, 0) is 30.4 Å². The van der Waals surface area contributed by atoms with Crippen molar-refractivity contribution in [2.45, 2.75) is 76.5 Å². The first-order valence-corrected chi connectivity index (χ1v) is 13.0. The van der Waals surface area contributed by atoms with Gasteiger partial charge in [-0.2, -0.15) is 0 Å². The third-order valence-electron chi connectivity index (χ3n) is 5.82. The van der Waals surface area contributed by atoms with Gasteiger partial charge in [0.1, 0.15) is 18.1 Å². The van der Waals surface area contributed by atoms with Gasteiger partial charge in [-0.15, -0.1) is 0 Å². The molecule has 222 valence electrons. The lowest BCUT2D eigenvalue weighted by Gasteiger charge is -2.26. The number of aliphatic imine (C=N–C) groups is 1. The lowest BCUT2D eigenvalue weighted by atomic mass is 10.0. The Kier molecular flexibility index (Phi) is 14.7. The molecule has 0 aromatic heterocycles. The predicted octanol–water partition coefficient (Wildman–Crippen LogP) is -0.940. The summed E-state index contributed by atoms with van der Waals surface area (Å²) in [5.74, 6) is -4.85. The van der Waals surface area contributed by atoms with Gasteiger partial charge >= 0.3 is 11.9 Å². The molecule has 0 aliphatic heterocycles. The second-order valence-electron chi connectivity index (χ2n) is 9.83. The molecule has 1 aromatic carbocycles. The van der Waals surface area contributed by atoms with Crippen LogP contribution in [0.2, 0.25) is 0 Å². The largest absolute Gasteiger partial charge is 0.481 e. The molecule has 4 atom stereocenters. The molecular weight excluding hydrogens is 522 g/mol. The molecular formula is C26H41N7O7. The minimum atomic E-state index is -1.29. The number of amides is 3. The van der Waals surface area contributed by atoms with Crippen molar-refractivity contribution in [1.82, 2.24) is 16.0 Å². The molecule has 3 amide bonds. The Morgan fingerprint density at radius 3 is 1.98 bits per heavy atom. The summed E-state index contributed by atoms with van der Waals surface area (Å²) in [4.78, 5) is 65.6. The number of benzene rings is 1. The molecule has 0 aliphatic rings. The van der Waals surface area contributed by atoms with Crippen molar-refractivity contribution in [2.75, 3.05) is 6.54 Å². The van der Waals surface area contributed by atoms with E-state index in [-0.39, 0.29) is 50.5 Å². The van der Waals surface area contributed by atoms with Crippen LogP contribution < -0.4 is 33.2 Å². The third-order valence-corrected chi connectivity index (χ3v) is 5.82. The number of nitrogens with zero attached hydrogens (tertiary/aromatic N) is 1. The zero-order valence-corrected chi connectivity index (χ0v) is 22.8. The summed E-state index contributed by atoms with van der Waals surface area (Å²) in [5.41, 5.74) is 17.3. The van der Waals surface area contributed by atoms with Gasteiger partial charge in [0, 0.05) is 13.0 Å². The maximum absolute atomic E-state index is 13.2. The molecule has 0 radical (unpaired) electrons. The van der Waals surface area contributed by atoms with Crippen molar-refractivity contribution in [3.8, 4) is 0 Å². The van der Waals surface area contributed by atoms with Crippen LogP contribution in [0.15, 0.2) is 35.3 Å². The normalized spacial score (nSPS) is 13.8. The number of carbonyl (C=O) groups is 5. The van der Waals surface area contributed by atoms with Gasteiger partial charge in [-0.05, 0) is 43.6 Å². The zero-order valence-electron chi connectivity index (χ0n) is 22.8. The molecule has 11 N–H and O–H groups in total. The first-order chi connectivity index (χ1) is 18.8. The van der Waals surface area contributed by atoms with E-state index in [0.29, 0.717) is 0 Å². The van der Waals surface area contributed by atoms with Crippen LogP contribution in [-0.4, -0.2) is 76.5 Å². The van der Waals surface area contributed by atoms with E-state index < -0.39 is 60.2 Å². The Bertz CT molecular complexity index is 1030. The molecule has 4 unspecified atom stereocenters. The molecule has 1 aromatic rings. The van der Waals surface area contributed by atoms with E-state index in [9.17, 15) is 29.1 Å². The summed E-state index contributed by atoms with van der Waals surface area (Å²) < 4.78 is 0. The highest BCUT2D eigenvalue weighted by Gasteiger charge is 2.31. The van der Waals surface area contributed by atoms with E-state index in [1.807, 2.05) is 19.9 Å². The summed E-state index contributed by atoms with van der Waals surface area (Å²) in [5, 5.41) is 26.1. The van der Waals surface area contributed by atoms with Crippen molar-refractivity contribution in [1.29, 1.82) is 0 Å². The zero-order chi connectivity index (χ0) is 30.2. The van der Waals surface area contributed by atoms with Gasteiger partial charge < -0.3 is 43.4 Å². The molecule has 1 rings (SSSR count). The number of rotatable bonds is 18. The maximum atomic E-state index is 13.2. The van der Waals surface area contributed by atoms with Gasteiger partial charge in [0.2, 0.25) is 17.7 Å². The number of nitrogens with two attached hydrogens (primary N) is 3. The van der Waals surface area contributed by atoms with Crippen LogP contribution in [0.3, 0.4) is 0 Å². The smallest absolute Gasteiger partial charge is 0.326 e.